The number of quaternary nitrogens is 1. The van der Waals surface area contributed by atoms with Crippen LogP contribution in [-0.2, 0) is 19.1 Å². The molecular weight excluding hydrogens is 450 g/mol. The van der Waals surface area contributed by atoms with Crippen LogP contribution in [0.4, 0.5) is 0 Å². The number of esters is 2. The smallest absolute Gasteiger partial charge is 0.309 e. The van der Waals surface area contributed by atoms with Gasteiger partial charge in [0.05, 0.1) is 34.2 Å². The Morgan fingerprint density at radius 1 is 0.583 bits per heavy atom. The van der Waals surface area contributed by atoms with Gasteiger partial charge in [0.15, 0.2) is 6.10 Å². The van der Waals surface area contributed by atoms with Crippen molar-refractivity contribution >= 4 is 11.9 Å². The van der Waals surface area contributed by atoms with Crippen LogP contribution in [0.25, 0.3) is 0 Å². The highest BCUT2D eigenvalue weighted by atomic mass is 16.6. The van der Waals surface area contributed by atoms with Crippen LogP contribution in [0.2, 0.25) is 0 Å². The van der Waals surface area contributed by atoms with Crippen LogP contribution < -0.4 is 0 Å². The number of carbonyl (C=O) groups is 2. The lowest BCUT2D eigenvalue weighted by atomic mass is 10.1. The fourth-order valence-electron chi connectivity index (χ4n) is 4.60. The number of carbonyl (C=O) groups excluding carboxylic acids is 2. The van der Waals surface area contributed by atoms with E-state index in [0.29, 0.717) is 24.1 Å². The van der Waals surface area contributed by atoms with Gasteiger partial charge in [0.2, 0.25) is 0 Å². The van der Waals surface area contributed by atoms with E-state index >= 15 is 0 Å². The number of rotatable bonds is 26. The van der Waals surface area contributed by atoms with Crippen molar-refractivity contribution < 1.29 is 23.5 Å². The van der Waals surface area contributed by atoms with E-state index in [1.807, 2.05) is 0 Å². The van der Waals surface area contributed by atoms with Gasteiger partial charge in [-0.1, -0.05) is 123 Å². The molecule has 0 saturated carbocycles. The molecule has 0 amide bonds. The van der Waals surface area contributed by atoms with Gasteiger partial charge in [-0.3, -0.25) is 9.59 Å². The molecule has 0 bridgehead atoms. The van der Waals surface area contributed by atoms with Gasteiger partial charge in [-0.2, -0.15) is 0 Å². The van der Waals surface area contributed by atoms with Crippen molar-refractivity contribution in [2.24, 2.45) is 0 Å². The quantitative estimate of drug-likeness (QED) is 0.0663. The van der Waals surface area contributed by atoms with E-state index < -0.39 is 6.10 Å². The van der Waals surface area contributed by atoms with Crippen LogP contribution in [0.3, 0.4) is 0 Å². The van der Waals surface area contributed by atoms with Crippen molar-refractivity contribution in [1.82, 2.24) is 0 Å². The maximum absolute atomic E-state index is 12.4. The van der Waals surface area contributed by atoms with E-state index in [4.69, 9.17) is 9.47 Å². The number of ether oxygens (including phenoxy) is 2. The summed E-state index contributed by atoms with van der Waals surface area (Å²) in [4.78, 5) is 24.8. The molecule has 0 aromatic rings. The van der Waals surface area contributed by atoms with Crippen LogP contribution in [-0.4, -0.2) is 56.8 Å². The number of likely N-dealkylation sites (N-methyl/N-ethyl adjacent to an activating group) is 1. The van der Waals surface area contributed by atoms with E-state index in [1.165, 1.54) is 96.3 Å². The second kappa shape index (κ2) is 24.2. The molecule has 1 unspecified atom stereocenters. The molecule has 0 aliphatic rings. The van der Waals surface area contributed by atoms with Crippen molar-refractivity contribution in [2.75, 3.05) is 34.3 Å². The van der Waals surface area contributed by atoms with Gasteiger partial charge in [0.25, 0.3) is 0 Å². The largest absolute Gasteiger partial charge is 0.466 e. The molecule has 36 heavy (non-hydrogen) atoms. The lowest BCUT2D eigenvalue weighted by Gasteiger charge is -2.28. The summed E-state index contributed by atoms with van der Waals surface area (Å²) in [6, 6.07) is 0. The van der Waals surface area contributed by atoms with Gasteiger partial charge in [0, 0.05) is 6.42 Å². The van der Waals surface area contributed by atoms with Crippen molar-refractivity contribution in [3.8, 4) is 0 Å². The first-order valence-corrected chi connectivity index (χ1v) is 15.4. The second-order valence-electron chi connectivity index (χ2n) is 11.8. The number of unbranched alkanes of at least 4 members (excludes halogenated alkanes) is 17. The third kappa shape index (κ3) is 26.0. The number of hydrogen-bond donors (Lipinski definition) is 0. The van der Waals surface area contributed by atoms with Gasteiger partial charge < -0.3 is 14.0 Å². The maximum Gasteiger partial charge on any atom is 0.309 e. The zero-order valence-electron chi connectivity index (χ0n) is 24.9. The SMILES string of the molecule is CCCCCCCCCCCCOC(=O)CC(C[N+](C)(C)C)OC(=O)CCCCCCCCCCC. The van der Waals surface area contributed by atoms with E-state index in [9.17, 15) is 9.59 Å². The molecular formula is C31H62NO4+. The standard InChI is InChI=1S/C31H62NO4/c1-6-8-10-12-14-16-18-20-22-24-26-35-31(34)27-29(28-32(3,4)5)36-30(33)25-23-21-19-17-15-13-11-9-7-2/h29H,6-28H2,1-5H3/q+1. The minimum Gasteiger partial charge on any atom is -0.466 e. The van der Waals surface area contributed by atoms with Gasteiger partial charge in [0.1, 0.15) is 6.54 Å². The molecule has 0 aromatic heterocycles. The van der Waals surface area contributed by atoms with Crippen LogP contribution in [0.5, 0.6) is 0 Å². The molecule has 0 saturated heterocycles. The molecule has 0 heterocycles. The van der Waals surface area contributed by atoms with Crippen LogP contribution in [0, 0.1) is 0 Å². The first-order valence-electron chi connectivity index (χ1n) is 15.4. The van der Waals surface area contributed by atoms with Crippen molar-refractivity contribution in [3.63, 3.8) is 0 Å². The normalized spacial score (nSPS) is 12.5. The van der Waals surface area contributed by atoms with E-state index in [0.717, 1.165) is 25.7 Å². The third-order valence-corrected chi connectivity index (χ3v) is 6.69. The lowest BCUT2D eigenvalue weighted by Crippen LogP contribution is -2.44. The summed E-state index contributed by atoms with van der Waals surface area (Å²) in [5.41, 5.74) is 0. The Morgan fingerprint density at radius 2 is 1.00 bits per heavy atom. The lowest BCUT2D eigenvalue weighted by molar-refractivity contribution is -0.873. The summed E-state index contributed by atoms with van der Waals surface area (Å²) >= 11 is 0. The average Bonchev–Trinajstić information content (AvgIpc) is 2.80. The highest BCUT2D eigenvalue weighted by Gasteiger charge is 2.25. The molecule has 5 heteroatoms. The predicted molar refractivity (Wildman–Crippen MR) is 152 cm³/mol. The first kappa shape index (κ1) is 34.9. The molecule has 0 radical (unpaired) electrons. The summed E-state index contributed by atoms with van der Waals surface area (Å²) in [5, 5.41) is 0. The number of hydrogen-bond acceptors (Lipinski definition) is 4. The highest BCUT2D eigenvalue weighted by molar-refractivity contribution is 5.72. The zero-order chi connectivity index (χ0) is 26.9. The molecule has 0 N–H and O–H groups in total. The highest BCUT2D eigenvalue weighted by Crippen LogP contribution is 2.14. The van der Waals surface area contributed by atoms with E-state index in [-0.39, 0.29) is 18.4 Å². The summed E-state index contributed by atoms with van der Waals surface area (Å²) in [6.07, 6.45) is 23.7. The van der Waals surface area contributed by atoms with Crippen molar-refractivity contribution in [3.05, 3.63) is 0 Å². The fraction of sp³-hybridized carbons (Fsp3) is 0.935. The van der Waals surface area contributed by atoms with E-state index in [1.54, 1.807) is 0 Å². The predicted octanol–water partition coefficient (Wildman–Crippen LogP) is 8.38. The molecule has 0 aromatic carbocycles. The molecule has 0 aliphatic heterocycles. The minimum atomic E-state index is -0.420. The monoisotopic (exact) mass is 512 g/mol. The van der Waals surface area contributed by atoms with Crippen molar-refractivity contribution in [1.29, 1.82) is 0 Å². The molecule has 214 valence electrons. The van der Waals surface area contributed by atoms with Crippen LogP contribution in [0.1, 0.15) is 149 Å². The Bertz CT molecular complexity index is 515. The molecule has 0 aliphatic carbocycles. The Hall–Kier alpha value is -1.10. The Labute approximate surface area is 224 Å². The first-order chi connectivity index (χ1) is 17.3. The van der Waals surface area contributed by atoms with Gasteiger partial charge in [-0.15, -0.1) is 0 Å². The molecule has 5 nitrogen and oxygen atoms in total. The Balaban J connectivity index is 3.99. The van der Waals surface area contributed by atoms with E-state index in [2.05, 4.69) is 35.0 Å². The molecule has 1 atom stereocenters. The Kier molecular flexibility index (Phi) is 23.5. The topological polar surface area (TPSA) is 52.6 Å². The Morgan fingerprint density at radius 3 is 1.44 bits per heavy atom. The van der Waals surface area contributed by atoms with Crippen LogP contribution in [0.15, 0.2) is 0 Å². The zero-order valence-corrected chi connectivity index (χ0v) is 24.9. The average molecular weight is 513 g/mol. The van der Waals surface area contributed by atoms with Crippen molar-refractivity contribution in [2.45, 2.75) is 155 Å². The number of nitrogens with zero attached hydrogens (tertiary/aromatic N) is 1. The molecule has 0 spiro atoms. The van der Waals surface area contributed by atoms with Gasteiger partial charge in [-0.05, 0) is 12.8 Å². The minimum absolute atomic E-state index is 0.150. The third-order valence-electron chi connectivity index (χ3n) is 6.69. The van der Waals surface area contributed by atoms with Crippen LogP contribution >= 0.6 is 0 Å². The summed E-state index contributed by atoms with van der Waals surface area (Å²) in [5.74, 6) is -0.431. The maximum atomic E-state index is 12.4. The summed E-state index contributed by atoms with van der Waals surface area (Å²) < 4.78 is 11.8. The summed E-state index contributed by atoms with van der Waals surface area (Å²) in [7, 11) is 6.16. The second-order valence-corrected chi connectivity index (χ2v) is 11.8. The summed E-state index contributed by atoms with van der Waals surface area (Å²) in [6.45, 7) is 5.57. The van der Waals surface area contributed by atoms with Gasteiger partial charge >= 0.3 is 11.9 Å². The molecule has 0 rings (SSSR count). The molecule has 0 fully saturated rings. The van der Waals surface area contributed by atoms with Gasteiger partial charge in [-0.25, -0.2) is 0 Å². The fourth-order valence-corrected chi connectivity index (χ4v) is 4.60.